The first-order valence-corrected chi connectivity index (χ1v) is 10.9. The summed E-state index contributed by atoms with van der Waals surface area (Å²) in [6.45, 7) is 3.22. The third kappa shape index (κ3) is 5.20. The van der Waals surface area contributed by atoms with Crippen LogP contribution in [0, 0.1) is 0 Å². The second-order valence-electron chi connectivity index (χ2n) is 7.52. The SMILES string of the molecule is COc1ccc(N2CCCN(C(=O)CCc3ncc(-c4ccccc4Cl)o3)CC2)cc1. The van der Waals surface area contributed by atoms with E-state index in [0.29, 0.717) is 36.1 Å². The number of carbonyl (C=O) groups excluding carboxylic acids is 1. The van der Waals surface area contributed by atoms with Gasteiger partial charge in [-0.2, -0.15) is 0 Å². The van der Waals surface area contributed by atoms with Crippen LogP contribution in [0.1, 0.15) is 18.7 Å². The number of hydrogen-bond donors (Lipinski definition) is 0. The molecular formula is C24H26ClN3O3. The van der Waals surface area contributed by atoms with Crippen LogP contribution >= 0.6 is 11.6 Å². The van der Waals surface area contributed by atoms with Crippen LogP contribution < -0.4 is 9.64 Å². The fourth-order valence-corrected chi connectivity index (χ4v) is 4.03. The van der Waals surface area contributed by atoms with Gasteiger partial charge >= 0.3 is 0 Å². The van der Waals surface area contributed by atoms with Crippen molar-refractivity contribution in [1.82, 2.24) is 9.88 Å². The molecule has 0 radical (unpaired) electrons. The highest BCUT2D eigenvalue weighted by atomic mass is 35.5. The van der Waals surface area contributed by atoms with Crippen molar-refractivity contribution < 1.29 is 13.9 Å². The Kier molecular flexibility index (Phi) is 6.77. The highest BCUT2D eigenvalue weighted by Crippen LogP contribution is 2.28. The molecule has 2 heterocycles. The normalized spacial score (nSPS) is 14.4. The van der Waals surface area contributed by atoms with Crippen LogP contribution in [0.2, 0.25) is 5.02 Å². The molecule has 0 bridgehead atoms. The summed E-state index contributed by atoms with van der Waals surface area (Å²) in [5.41, 5.74) is 1.96. The lowest BCUT2D eigenvalue weighted by Crippen LogP contribution is -2.35. The Morgan fingerprint density at radius 3 is 2.68 bits per heavy atom. The van der Waals surface area contributed by atoms with Gasteiger partial charge in [0.15, 0.2) is 11.7 Å². The number of ether oxygens (including phenoxy) is 1. The van der Waals surface area contributed by atoms with Crippen LogP contribution in [-0.4, -0.2) is 49.1 Å². The van der Waals surface area contributed by atoms with Gasteiger partial charge in [0.2, 0.25) is 5.91 Å². The molecule has 2 aromatic carbocycles. The fourth-order valence-electron chi connectivity index (χ4n) is 3.80. The maximum atomic E-state index is 12.8. The van der Waals surface area contributed by atoms with Crippen molar-refractivity contribution in [3.05, 3.63) is 65.6 Å². The van der Waals surface area contributed by atoms with Gasteiger partial charge in [-0.25, -0.2) is 4.98 Å². The summed E-state index contributed by atoms with van der Waals surface area (Å²) in [5.74, 6) is 2.16. The second-order valence-corrected chi connectivity index (χ2v) is 7.92. The van der Waals surface area contributed by atoms with Crippen molar-refractivity contribution >= 4 is 23.2 Å². The van der Waals surface area contributed by atoms with Gasteiger partial charge in [-0.05, 0) is 42.8 Å². The lowest BCUT2D eigenvalue weighted by Gasteiger charge is -2.24. The number of hydrogen-bond acceptors (Lipinski definition) is 5. The molecule has 1 saturated heterocycles. The Balaban J connectivity index is 1.30. The molecular weight excluding hydrogens is 414 g/mol. The quantitative estimate of drug-likeness (QED) is 0.558. The van der Waals surface area contributed by atoms with Gasteiger partial charge in [0, 0.05) is 50.3 Å². The van der Waals surface area contributed by atoms with E-state index in [1.807, 2.05) is 41.3 Å². The Morgan fingerprint density at radius 1 is 1.10 bits per heavy atom. The van der Waals surface area contributed by atoms with Crippen molar-refractivity contribution in [2.45, 2.75) is 19.3 Å². The van der Waals surface area contributed by atoms with E-state index in [2.05, 4.69) is 22.0 Å². The minimum absolute atomic E-state index is 0.133. The summed E-state index contributed by atoms with van der Waals surface area (Å²) in [6, 6.07) is 15.6. The standard InChI is InChI=1S/C24H26ClN3O3/c1-30-19-9-7-18(8-10-19)27-13-4-14-28(16-15-27)24(29)12-11-23-26-17-22(31-23)20-5-2-3-6-21(20)25/h2-3,5-10,17H,4,11-16H2,1H3. The van der Waals surface area contributed by atoms with Crippen LogP contribution in [0.5, 0.6) is 5.75 Å². The molecule has 7 heteroatoms. The lowest BCUT2D eigenvalue weighted by atomic mass is 10.2. The Morgan fingerprint density at radius 2 is 1.90 bits per heavy atom. The largest absolute Gasteiger partial charge is 0.497 e. The lowest BCUT2D eigenvalue weighted by molar-refractivity contribution is -0.131. The first-order valence-electron chi connectivity index (χ1n) is 10.5. The molecule has 1 amide bonds. The smallest absolute Gasteiger partial charge is 0.223 e. The molecule has 0 aliphatic carbocycles. The van der Waals surface area contributed by atoms with E-state index in [-0.39, 0.29) is 5.91 Å². The summed E-state index contributed by atoms with van der Waals surface area (Å²) >= 11 is 6.22. The summed E-state index contributed by atoms with van der Waals surface area (Å²) in [6.07, 6.45) is 3.46. The van der Waals surface area contributed by atoms with Crippen molar-refractivity contribution in [3.8, 4) is 17.1 Å². The molecule has 6 nitrogen and oxygen atoms in total. The third-order valence-electron chi connectivity index (χ3n) is 5.53. The molecule has 0 atom stereocenters. The first kappa shape index (κ1) is 21.2. The molecule has 3 aromatic rings. The number of halogens is 1. The van der Waals surface area contributed by atoms with Crippen molar-refractivity contribution in [2.24, 2.45) is 0 Å². The van der Waals surface area contributed by atoms with Crippen molar-refractivity contribution in [3.63, 3.8) is 0 Å². The van der Waals surface area contributed by atoms with Crippen LogP contribution in [-0.2, 0) is 11.2 Å². The predicted molar refractivity (Wildman–Crippen MR) is 122 cm³/mol. The van der Waals surface area contributed by atoms with Gasteiger partial charge in [0.25, 0.3) is 0 Å². The zero-order chi connectivity index (χ0) is 21.6. The van der Waals surface area contributed by atoms with E-state index in [4.69, 9.17) is 20.8 Å². The number of aryl methyl sites for hydroxylation is 1. The minimum atomic E-state index is 0.133. The van der Waals surface area contributed by atoms with E-state index in [0.717, 1.165) is 43.1 Å². The Bertz CT molecular complexity index is 1020. The topological polar surface area (TPSA) is 58.8 Å². The molecule has 31 heavy (non-hydrogen) atoms. The molecule has 1 aromatic heterocycles. The number of methoxy groups -OCH3 is 1. The maximum Gasteiger partial charge on any atom is 0.223 e. The van der Waals surface area contributed by atoms with E-state index in [1.54, 1.807) is 13.3 Å². The van der Waals surface area contributed by atoms with Crippen LogP contribution in [0.3, 0.4) is 0 Å². The molecule has 0 unspecified atom stereocenters. The molecule has 4 rings (SSSR count). The van der Waals surface area contributed by atoms with Gasteiger partial charge in [0.05, 0.1) is 18.3 Å². The molecule has 0 saturated carbocycles. The molecule has 0 N–H and O–H groups in total. The van der Waals surface area contributed by atoms with Crippen molar-refractivity contribution in [2.75, 3.05) is 38.2 Å². The molecule has 0 spiro atoms. The van der Waals surface area contributed by atoms with Crippen molar-refractivity contribution in [1.29, 1.82) is 0 Å². The fraction of sp³-hybridized carbons (Fsp3) is 0.333. The average molecular weight is 440 g/mol. The van der Waals surface area contributed by atoms with Crippen LogP contribution in [0.25, 0.3) is 11.3 Å². The van der Waals surface area contributed by atoms with Crippen LogP contribution in [0.15, 0.2) is 59.1 Å². The van der Waals surface area contributed by atoms with Gasteiger partial charge in [-0.1, -0.05) is 23.7 Å². The maximum absolute atomic E-state index is 12.8. The predicted octanol–water partition coefficient (Wildman–Crippen LogP) is 4.68. The first-order chi connectivity index (χ1) is 15.1. The molecule has 1 fully saturated rings. The molecule has 162 valence electrons. The summed E-state index contributed by atoms with van der Waals surface area (Å²) in [5, 5.41) is 0.618. The van der Waals surface area contributed by atoms with Gasteiger partial charge < -0.3 is 19.0 Å². The van der Waals surface area contributed by atoms with E-state index < -0.39 is 0 Å². The zero-order valence-electron chi connectivity index (χ0n) is 17.6. The number of amides is 1. The van der Waals surface area contributed by atoms with Gasteiger partial charge in [0.1, 0.15) is 5.75 Å². The van der Waals surface area contributed by atoms with E-state index in [1.165, 1.54) is 0 Å². The van der Waals surface area contributed by atoms with Gasteiger partial charge in [-0.3, -0.25) is 4.79 Å². The van der Waals surface area contributed by atoms with Crippen LogP contribution in [0.4, 0.5) is 5.69 Å². The summed E-state index contributed by atoms with van der Waals surface area (Å²) in [4.78, 5) is 21.4. The number of aromatic nitrogens is 1. The summed E-state index contributed by atoms with van der Waals surface area (Å²) < 4.78 is 11.1. The number of oxazole rings is 1. The number of anilines is 1. The Labute approximate surface area is 187 Å². The summed E-state index contributed by atoms with van der Waals surface area (Å²) in [7, 11) is 1.67. The van der Waals surface area contributed by atoms with E-state index in [9.17, 15) is 4.79 Å². The highest BCUT2D eigenvalue weighted by Gasteiger charge is 2.20. The molecule has 1 aliphatic rings. The highest BCUT2D eigenvalue weighted by molar-refractivity contribution is 6.33. The second kappa shape index (κ2) is 9.88. The zero-order valence-corrected chi connectivity index (χ0v) is 18.3. The Hall–Kier alpha value is -2.99. The number of rotatable bonds is 6. The van der Waals surface area contributed by atoms with E-state index >= 15 is 0 Å². The average Bonchev–Trinajstić information content (AvgIpc) is 3.13. The number of benzene rings is 2. The van der Waals surface area contributed by atoms with Gasteiger partial charge in [-0.15, -0.1) is 0 Å². The minimum Gasteiger partial charge on any atom is -0.497 e. The molecule has 1 aliphatic heterocycles. The number of nitrogens with zero attached hydrogens (tertiary/aromatic N) is 3. The number of carbonyl (C=O) groups is 1. The third-order valence-corrected chi connectivity index (χ3v) is 5.86. The monoisotopic (exact) mass is 439 g/mol.